The highest BCUT2D eigenvalue weighted by atomic mass is 19.4. The summed E-state index contributed by atoms with van der Waals surface area (Å²) in [6.45, 7) is 4.63. The Morgan fingerprint density at radius 2 is 1.43 bits per heavy atom. The molecule has 3 amide bonds. The average molecular weight is 1120 g/mol. The van der Waals surface area contributed by atoms with Gasteiger partial charge in [0.15, 0.2) is 0 Å². The Morgan fingerprint density at radius 3 is 2.05 bits per heavy atom. The van der Waals surface area contributed by atoms with Gasteiger partial charge in [-0.3, -0.25) is 19.7 Å². The summed E-state index contributed by atoms with van der Waals surface area (Å²) in [6, 6.07) is 36.9. The fourth-order valence-electron chi connectivity index (χ4n) is 8.34. The van der Waals surface area contributed by atoms with Crippen LogP contribution in [-0.2, 0) is 43.3 Å². The quantitative estimate of drug-likeness (QED) is 0.0376. The van der Waals surface area contributed by atoms with E-state index in [0.717, 1.165) is 46.6 Å². The number of alkyl halides is 6. The Hall–Kier alpha value is -8.48. The highest BCUT2D eigenvalue weighted by Crippen LogP contribution is 2.30. The van der Waals surface area contributed by atoms with E-state index in [0.29, 0.717) is 61.2 Å². The Balaban J connectivity index is 0.000000743. The summed E-state index contributed by atoms with van der Waals surface area (Å²) in [6.07, 6.45) is -9.25. The van der Waals surface area contributed by atoms with Crippen LogP contribution in [0.5, 0.6) is 11.5 Å². The highest BCUT2D eigenvalue weighted by molar-refractivity contribution is 5.93. The van der Waals surface area contributed by atoms with Gasteiger partial charge in [0.25, 0.3) is 0 Å². The van der Waals surface area contributed by atoms with E-state index in [9.17, 15) is 55.7 Å². The summed E-state index contributed by atoms with van der Waals surface area (Å²) in [4.78, 5) is 75.3. The van der Waals surface area contributed by atoms with Crippen LogP contribution in [-0.4, -0.2) is 125 Å². The number of aliphatic hydroxyl groups excluding tert-OH is 1. The average Bonchev–Trinajstić information content (AvgIpc) is 3.43. The van der Waals surface area contributed by atoms with E-state index in [1.807, 2.05) is 104 Å². The second-order valence-electron chi connectivity index (χ2n) is 18.4. The number of phenols is 1. The molecule has 0 aliphatic carbocycles. The van der Waals surface area contributed by atoms with Gasteiger partial charge in [0, 0.05) is 80.5 Å². The fraction of sp³-hybridized carbons (Fsp3) is 0.321. The third kappa shape index (κ3) is 19.2. The number of aromatic hydroxyl groups is 1. The predicted octanol–water partition coefficient (Wildman–Crippen LogP) is 8.36. The summed E-state index contributed by atoms with van der Waals surface area (Å²) < 4.78 is 74.8. The maximum atomic E-state index is 13.2. The number of aliphatic hydroxyl groups is 1. The first kappa shape index (κ1) is 62.4. The molecule has 1 saturated heterocycles. The van der Waals surface area contributed by atoms with Crippen LogP contribution in [0, 0.1) is 0 Å². The molecule has 8 N–H and O–H groups in total. The fourth-order valence-corrected chi connectivity index (χ4v) is 8.34. The lowest BCUT2D eigenvalue weighted by Crippen LogP contribution is -2.40. The Morgan fingerprint density at radius 1 is 0.812 bits per heavy atom. The molecule has 2 atom stereocenters. The number of aromatic amines is 1. The number of hydrogen-bond acceptors (Lipinski definition) is 12. The molecule has 1 fully saturated rings. The molecule has 1 aliphatic rings. The zero-order valence-corrected chi connectivity index (χ0v) is 43.6. The largest absolute Gasteiger partial charge is 0.506 e. The molecule has 2 heterocycles. The number of carboxylic acids is 2. The van der Waals surface area contributed by atoms with Gasteiger partial charge in [0.1, 0.15) is 17.6 Å². The molecule has 0 radical (unpaired) electrons. The summed E-state index contributed by atoms with van der Waals surface area (Å²) in [7, 11) is 3.34. The van der Waals surface area contributed by atoms with E-state index in [2.05, 4.69) is 25.8 Å². The molecule has 24 heteroatoms. The molecule has 1 aromatic heterocycles. The first-order chi connectivity index (χ1) is 37.8. The zero-order valence-electron chi connectivity index (χ0n) is 43.6. The van der Waals surface area contributed by atoms with Gasteiger partial charge in [0.05, 0.1) is 30.8 Å². The normalized spacial score (nSPS) is 13.5. The maximum Gasteiger partial charge on any atom is 0.490 e. The number of para-hydroxylation sites is 1. The molecule has 5 aromatic carbocycles. The number of methoxy groups -OCH3 is 1. The van der Waals surface area contributed by atoms with Crippen LogP contribution in [0.2, 0.25) is 0 Å². The molecule has 0 bridgehead atoms. The smallest absolute Gasteiger partial charge is 0.490 e. The van der Waals surface area contributed by atoms with Crippen LogP contribution in [0.25, 0.3) is 22.0 Å². The van der Waals surface area contributed by atoms with Gasteiger partial charge in [-0.1, -0.05) is 78.9 Å². The zero-order chi connectivity index (χ0) is 58.7. The number of ether oxygens (including phenoxy) is 2. The van der Waals surface area contributed by atoms with E-state index in [1.54, 1.807) is 31.2 Å². The van der Waals surface area contributed by atoms with Gasteiger partial charge >= 0.3 is 30.4 Å². The van der Waals surface area contributed by atoms with Gasteiger partial charge in [-0.05, 0) is 84.8 Å². The molecule has 1 aliphatic heterocycles. The minimum atomic E-state index is -5.08. The molecule has 0 spiro atoms. The number of nitrogens with one attached hydrogen (secondary N) is 4. The first-order valence-corrected chi connectivity index (χ1v) is 24.8. The number of piperidine rings is 1. The minimum absolute atomic E-state index is 0.00722. The van der Waals surface area contributed by atoms with Crippen LogP contribution in [0.3, 0.4) is 0 Å². The molecule has 6 aromatic rings. The van der Waals surface area contributed by atoms with Crippen molar-refractivity contribution in [3.63, 3.8) is 0 Å². The standard InChI is InChI=1S/C52H58N6O8.2C2HF3O2/c1-34(53-33-46(60)42-18-20-45(59)51-43(42)19-22-48(61)56-51)29-36-15-21-47(65-3)38(30-36)31-49(62)54-32-35-13-16-39(17-14-35)57(2)50(63)25-28-58-26-23-40(24-27-58)66-52(64)55-44-12-8-7-11-41(44)37-9-5-4-6-10-37;2*3-2(4,5)1(6)7/h4-22,30,34,40,46,53,59-60H,23-29,31-33H2,1-3H3,(H,54,62)(H,55,64)(H,56,61);2*(H,6,7)/t34?,46-;;/m0../s1. The van der Waals surface area contributed by atoms with Gasteiger partial charge in [0.2, 0.25) is 17.4 Å². The number of phenolic OH excluding ortho intramolecular Hbond substituents is 1. The van der Waals surface area contributed by atoms with Gasteiger partial charge in [-0.15, -0.1) is 0 Å². The number of H-pyrrole nitrogens is 1. The van der Waals surface area contributed by atoms with Crippen LogP contribution >= 0.6 is 0 Å². The van der Waals surface area contributed by atoms with Crippen molar-refractivity contribution in [1.29, 1.82) is 0 Å². The molecular weight excluding hydrogens is 1060 g/mol. The summed E-state index contributed by atoms with van der Waals surface area (Å²) in [5, 5.41) is 45.3. The third-order valence-electron chi connectivity index (χ3n) is 12.5. The number of benzene rings is 5. The van der Waals surface area contributed by atoms with E-state index in [4.69, 9.17) is 29.3 Å². The van der Waals surface area contributed by atoms with E-state index in [1.165, 1.54) is 12.1 Å². The lowest BCUT2D eigenvalue weighted by molar-refractivity contribution is -0.193. The monoisotopic (exact) mass is 1120 g/mol. The van der Waals surface area contributed by atoms with Crippen molar-refractivity contribution in [3.05, 3.63) is 154 Å². The number of nitrogens with zero attached hydrogens (tertiary/aromatic N) is 2. The number of carbonyl (C=O) groups is 5. The van der Waals surface area contributed by atoms with Crippen molar-refractivity contribution in [1.82, 2.24) is 20.5 Å². The molecule has 7 rings (SSSR count). The molecular formula is C56H60F6N6O12. The molecule has 1 unspecified atom stereocenters. The van der Waals surface area contributed by atoms with Gasteiger partial charge in [-0.25, -0.2) is 14.4 Å². The number of fused-ring (bicyclic) bond motifs is 1. The number of anilines is 2. The third-order valence-corrected chi connectivity index (χ3v) is 12.5. The first-order valence-electron chi connectivity index (χ1n) is 24.8. The summed E-state index contributed by atoms with van der Waals surface area (Å²) >= 11 is 0. The van der Waals surface area contributed by atoms with Crippen molar-refractivity contribution < 1.29 is 80.2 Å². The number of aliphatic carboxylic acids is 2. The van der Waals surface area contributed by atoms with Crippen molar-refractivity contribution in [2.45, 2.75) is 76.2 Å². The van der Waals surface area contributed by atoms with Crippen LogP contribution in [0.15, 0.2) is 126 Å². The Bertz CT molecular complexity index is 3090. The lowest BCUT2D eigenvalue weighted by atomic mass is 10.0. The van der Waals surface area contributed by atoms with Crippen LogP contribution in [0.1, 0.15) is 54.5 Å². The highest BCUT2D eigenvalue weighted by Gasteiger charge is 2.39. The van der Waals surface area contributed by atoms with Crippen molar-refractivity contribution >= 4 is 52.1 Å². The van der Waals surface area contributed by atoms with Crippen molar-refractivity contribution in [2.24, 2.45) is 0 Å². The topological polar surface area (TPSA) is 260 Å². The number of amides is 3. The van der Waals surface area contributed by atoms with E-state index in [-0.39, 0.29) is 53.8 Å². The minimum Gasteiger partial charge on any atom is -0.506 e. The van der Waals surface area contributed by atoms with Crippen molar-refractivity contribution in [3.8, 4) is 22.6 Å². The number of rotatable bonds is 18. The molecule has 0 saturated carbocycles. The second-order valence-corrected chi connectivity index (χ2v) is 18.4. The number of aromatic nitrogens is 1. The number of pyridine rings is 1. The number of halogens is 6. The van der Waals surface area contributed by atoms with Crippen LogP contribution in [0.4, 0.5) is 42.5 Å². The van der Waals surface area contributed by atoms with E-state index >= 15 is 0 Å². The molecule has 428 valence electrons. The number of hydrogen-bond donors (Lipinski definition) is 8. The van der Waals surface area contributed by atoms with E-state index < -0.39 is 36.5 Å². The summed E-state index contributed by atoms with van der Waals surface area (Å²) in [5.41, 5.74) is 6.56. The number of carboxylic acid groups (broad SMARTS) is 2. The SMILES string of the molecule is COc1ccc(CC(C)NC[C@H](O)c2ccc(O)c3[nH]c(=O)ccc23)cc1CC(=O)NCc1ccc(N(C)C(=O)CCN2CCC(OC(=O)Nc3ccccc3-c3ccccc3)CC2)cc1.O=C(O)C(F)(F)F.O=C(O)C(F)(F)F. The molecule has 18 nitrogen and oxygen atoms in total. The predicted molar refractivity (Wildman–Crippen MR) is 284 cm³/mol. The van der Waals surface area contributed by atoms with Gasteiger partial charge < -0.3 is 55.3 Å². The van der Waals surface area contributed by atoms with Crippen molar-refractivity contribution in [2.75, 3.05) is 50.6 Å². The number of likely N-dealkylation sites (tertiary alicyclic amines) is 1. The molecule has 80 heavy (non-hydrogen) atoms. The lowest BCUT2D eigenvalue weighted by Gasteiger charge is -2.31. The van der Waals surface area contributed by atoms with Crippen LogP contribution < -0.4 is 31.1 Å². The Kier molecular flexibility index (Phi) is 22.6. The van der Waals surface area contributed by atoms with Gasteiger partial charge in [-0.2, -0.15) is 26.3 Å². The maximum absolute atomic E-state index is 13.2. The second kappa shape index (κ2) is 28.9. The summed E-state index contributed by atoms with van der Waals surface area (Å²) in [5.74, 6) is -5.14. The number of carbonyl (C=O) groups excluding carboxylic acids is 3. The Labute approximate surface area is 454 Å².